The number of hydrogen-bond donors (Lipinski definition) is 1. The summed E-state index contributed by atoms with van der Waals surface area (Å²) in [7, 11) is 0. The quantitative estimate of drug-likeness (QED) is 0.712. The van der Waals surface area contributed by atoms with Gasteiger partial charge in [-0.15, -0.1) is 0 Å². The third-order valence-electron chi connectivity index (χ3n) is 2.42. The molecular formula is C12H25NO. The molecule has 2 heteroatoms. The largest absolute Gasteiger partial charge is 0.311 e. The molecule has 1 unspecified atom stereocenters. The summed E-state index contributed by atoms with van der Waals surface area (Å²) in [6.07, 6.45) is 0.660. The minimum Gasteiger partial charge on any atom is -0.311 e. The molecule has 14 heavy (non-hydrogen) atoms. The van der Waals surface area contributed by atoms with Crippen molar-refractivity contribution < 1.29 is 4.79 Å². The topological polar surface area (TPSA) is 29.1 Å². The first-order valence-electron chi connectivity index (χ1n) is 5.63. The Labute approximate surface area is 88.5 Å². The zero-order valence-electron chi connectivity index (χ0n) is 10.4. The highest BCUT2D eigenvalue weighted by atomic mass is 16.1. The summed E-state index contributed by atoms with van der Waals surface area (Å²) in [6.45, 7) is 12.5. The summed E-state index contributed by atoms with van der Waals surface area (Å²) in [5.74, 6) is 1.03. The molecule has 0 aromatic heterocycles. The van der Waals surface area contributed by atoms with Gasteiger partial charge in [-0.05, 0) is 5.92 Å². The predicted molar refractivity (Wildman–Crippen MR) is 61.4 cm³/mol. The number of nitrogens with one attached hydrogen (secondary N) is 1. The van der Waals surface area contributed by atoms with Crippen molar-refractivity contribution in [3.63, 3.8) is 0 Å². The Kier molecular flexibility index (Phi) is 6.01. The summed E-state index contributed by atoms with van der Waals surface area (Å²) in [5, 5.41) is 3.44. The highest BCUT2D eigenvalue weighted by Crippen LogP contribution is 2.11. The molecule has 0 aliphatic carbocycles. The summed E-state index contributed by atoms with van der Waals surface area (Å²) < 4.78 is 0. The second-order valence-electron chi connectivity index (χ2n) is 5.00. The van der Waals surface area contributed by atoms with Crippen LogP contribution in [0, 0.1) is 11.8 Å². The second kappa shape index (κ2) is 6.18. The Morgan fingerprint density at radius 3 is 1.86 bits per heavy atom. The average Bonchev–Trinajstić information content (AvgIpc) is 2.01. The minimum atomic E-state index is 0.158. The Morgan fingerprint density at radius 2 is 1.57 bits per heavy atom. The van der Waals surface area contributed by atoms with Crippen LogP contribution in [-0.2, 0) is 4.79 Å². The molecule has 0 heterocycles. The molecule has 0 aromatic carbocycles. The van der Waals surface area contributed by atoms with E-state index in [9.17, 15) is 4.79 Å². The van der Waals surface area contributed by atoms with Gasteiger partial charge in [0.25, 0.3) is 0 Å². The Hall–Kier alpha value is -0.370. The first kappa shape index (κ1) is 13.6. The van der Waals surface area contributed by atoms with Crippen molar-refractivity contribution in [2.75, 3.05) is 0 Å². The predicted octanol–water partition coefficient (Wildman–Crippen LogP) is 2.62. The van der Waals surface area contributed by atoms with Crippen molar-refractivity contribution in [1.29, 1.82) is 0 Å². The molecule has 0 aliphatic heterocycles. The van der Waals surface area contributed by atoms with Crippen LogP contribution in [0.15, 0.2) is 0 Å². The maximum absolute atomic E-state index is 11.6. The fraction of sp³-hybridized carbons (Fsp3) is 0.917. The van der Waals surface area contributed by atoms with Crippen LogP contribution in [-0.4, -0.2) is 17.9 Å². The van der Waals surface area contributed by atoms with E-state index < -0.39 is 0 Å². The first-order chi connectivity index (χ1) is 6.34. The molecule has 1 N–H and O–H groups in total. The van der Waals surface area contributed by atoms with Gasteiger partial charge < -0.3 is 5.32 Å². The number of ketones is 1. The third kappa shape index (κ3) is 5.38. The van der Waals surface area contributed by atoms with Gasteiger partial charge in [0.05, 0.1) is 0 Å². The summed E-state index contributed by atoms with van der Waals surface area (Å²) in [6, 6.07) is 0.771. The summed E-state index contributed by atoms with van der Waals surface area (Å²) in [4.78, 5) is 11.6. The zero-order chi connectivity index (χ0) is 11.3. The van der Waals surface area contributed by atoms with E-state index in [-0.39, 0.29) is 5.92 Å². The van der Waals surface area contributed by atoms with Crippen LogP contribution >= 0.6 is 0 Å². The highest BCUT2D eigenvalue weighted by molar-refractivity contribution is 5.80. The zero-order valence-corrected chi connectivity index (χ0v) is 10.4. The van der Waals surface area contributed by atoms with E-state index in [1.807, 2.05) is 13.8 Å². The number of rotatable bonds is 6. The molecule has 0 saturated carbocycles. The van der Waals surface area contributed by atoms with Gasteiger partial charge in [0.15, 0.2) is 0 Å². The standard InChI is InChI=1S/C12H25NO/c1-8(2)11(13-10(5)6)7-12(14)9(3)4/h8-11,13H,7H2,1-6H3. The maximum Gasteiger partial charge on any atom is 0.136 e. The van der Waals surface area contributed by atoms with Crippen molar-refractivity contribution in [2.24, 2.45) is 11.8 Å². The molecule has 1 atom stereocenters. The Balaban J connectivity index is 4.16. The van der Waals surface area contributed by atoms with Crippen LogP contribution in [0.25, 0.3) is 0 Å². The van der Waals surface area contributed by atoms with Gasteiger partial charge in [-0.2, -0.15) is 0 Å². The lowest BCUT2D eigenvalue weighted by molar-refractivity contribution is -0.122. The van der Waals surface area contributed by atoms with Crippen molar-refractivity contribution in [3.8, 4) is 0 Å². The van der Waals surface area contributed by atoms with E-state index in [0.717, 1.165) is 0 Å². The van der Waals surface area contributed by atoms with Gasteiger partial charge in [-0.25, -0.2) is 0 Å². The number of carbonyl (C=O) groups is 1. The van der Waals surface area contributed by atoms with E-state index in [1.165, 1.54) is 0 Å². The van der Waals surface area contributed by atoms with Gasteiger partial charge in [0, 0.05) is 24.4 Å². The van der Waals surface area contributed by atoms with Gasteiger partial charge in [-0.1, -0.05) is 41.5 Å². The van der Waals surface area contributed by atoms with Gasteiger partial charge >= 0.3 is 0 Å². The van der Waals surface area contributed by atoms with Crippen molar-refractivity contribution in [1.82, 2.24) is 5.32 Å². The lowest BCUT2D eigenvalue weighted by Crippen LogP contribution is -2.40. The highest BCUT2D eigenvalue weighted by Gasteiger charge is 2.19. The molecule has 0 spiro atoms. The normalized spacial score (nSPS) is 14.1. The Morgan fingerprint density at radius 1 is 1.07 bits per heavy atom. The van der Waals surface area contributed by atoms with Gasteiger partial charge in [0.2, 0.25) is 0 Å². The summed E-state index contributed by atoms with van der Waals surface area (Å²) in [5.41, 5.74) is 0. The molecule has 0 radical (unpaired) electrons. The lowest BCUT2D eigenvalue weighted by atomic mass is 9.94. The monoisotopic (exact) mass is 199 g/mol. The number of Topliss-reactive ketones (excluding diaryl/α,β-unsaturated/α-hetero) is 1. The fourth-order valence-electron chi connectivity index (χ4n) is 1.37. The fourth-order valence-corrected chi connectivity index (χ4v) is 1.37. The van der Waals surface area contributed by atoms with Crippen molar-refractivity contribution in [2.45, 2.75) is 60.0 Å². The van der Waals surface area contributed by atoms with Crippen LogP contribution in [0.3, 0.4) is 0 Å². The van der Waals surface area contributed by atoms with Crippen LogP contribution in [0.1, 0.15) is 48.0 Å². The van der Waals surface area contributed by atoms with Gasteiger partial charge in [-0.3, -0.25) is 4.79 Å². The van der Waals surface area contributed by atoms with E-state index in [4.69, 9.17) is 0 Å². The van der Waals surface area contributed by atoms with Crippen molar-refractivity contribution in [3.05, 3.63) is 0 Å². The third-order valence-corrected chi connectivity index (χ3v) is 2.42. The molecule has 2 nitrogen and oxygen atoms in total. The molecular weight excluding hydrogens is 174 g/mol. The maximum atomic E-state index is 11.6. The first-order valence-corrected chi connectivity index (χ1v) is 5.63. The van der Waals surface area contributed by atoms with E-state index in [2.05, 4.69) is 33.0 Å². The van der Waals surface area contributed by atoms with Crippen LogP contribution in [0.5, 0.6) is 0 Å². The number of carbonyl (C=O) groups excluding carboxylic acids is 1. The smallest absolute Gasteiger partial charge is 0.136 e. The molecule has 0 fully saturated rings. The van der Waals surface area contributed by atoms with Crippen LogP contribution in [0.2, 0.25) is 0 Å². The van der Waals surface area contributed by atoms with Crippen LogP contribution in [0.4, 0.5) is 0 Å². The minimum absolute atomic E-state index is 0.158. The molecule has 0 saturated heterocycles. The molecule has 0 amide bonds. The molecule has 0 rings (SSSR count). The van der Waals surface area contributed by atoms with E-state index in [0.29, 0.717) is 30.2 Å². The van der Waals surface area contributed by atoms with Crippen LogP contribution < -0.4 is 5.32 Å². The van der Waals surface area contributed by atoms with E-state index in [1.54, 1.807) is 0 Å². The van der Waals surface area contributed by atoms with E-state index >= 15 is 0 Å². The molecule has 0 bridgehead atoms. The molecule has 0 aromatic rings. The molecule has 0 aliphatic rings. The van der Waals surface area contributed by atoms with Gasteiger partial charge in [0.1, 0.15) is 5.78 Å². The Bertz CT molecular complexity index is 173. The lowest BCUT2D eigenvalue weighted by Gasteiger charge is -2.24. The average molecular weight is 199 g/mol. The second-order valence-corrected chi connectivity index (χ2v) is 5.00. The SMILES string of the molecule is CC(C)NC(CC(=O)C(C)C)C(C)C. The number of hydrogen-bond acceptors (Lipinski definition) is 2. The molecule has 84 valence electrons. The van der Waals surface area contributed by atoms with Crippen molar-refractivity contribution >= 4 is 5.78 Å². The summed E-state index contributed by atoms with van der Waals surface area (Å²) >= 11 is 0.